The molecule has 4 heteroatoms. The van der Waals surface area contributed by atoms with Crippen LogP contribution in [0.25, 0.3) is 0 Å². The summed E-state index contributed by atoms with van der Waals surface area (Å²) in [7, 11) is 0. The van der Waals surface area contributed by atoms with E-state index in [4.69, 9.17) is 5.11 Å². The van der Waals surface area contributed by atoms with E-state index < -0.39 is 5.97 Å². The minimum Gasteiger partial charge on any atom is -0.478 e. The van der Waals surface area contributed by atoms with Crippen LogP contribution < -0.4 is 0 Å². The quantitative estimate of drug-likeness (QED) is 0.945. The molecule has 3 rings (SSSR count). The molecule has 2 aromatic rings. The van der Waals surface area contributed by atoms with E-state index >= 15 is 0 Å². The number of benzene rings is 2. The molecular weight excluding hydrogens is 290 g/mol. The minimum atomic E-state index is -0.984. The van der Waals surface area contributed by atoms with Crippen molar-refractivity contribution in [3.05, 3.63) is 71.3 Å². The van der Waals surface area contributed by atoms with Crippen molar-refractivity contribution in [2.75, 3.05) is 6.54 Å². The van der Waals surface area contributed by atoms with Crippen LogP contribution in [0.15, 0.2) is 54.6 Å². The topological polar surface area (TPSA) is 57.6 Å². The Balaban J connectivity index is 1.77. The zero-order valence-electron chi connectivity index (χ0n) is 13.0. The molecule has 2 atom stereocenters. The van der Waals surface area contributed by atoms with Crippen LogP contribution in [0.2, 0.25) is 0 Å². The highest BCUT2D eigenvalue weighted by Gasteiger charge is 2.34. The van der Waals surface area contributed by atoms with E-state index in [1.165, 1.54) is 17.7 Å². The monoisotopic (exact) mass is 309 g/mol. The second kappa shape index (κ2) is 6.24. The van der Waals surface area contributed by atoms with E-state index in [1.54, 1.807) is 12.1 Å². The Morgan fingerprint density at radius 2 is 1.61 bits per heavy atom. The van der Waals surface area contributed by atoms with Crippen molar-refractivity contribution in [1.82, 2.24) is 4.90 Å². The first kappa shape index (κ1) is 15.3. The highest BCUT2D eigenvalue weighted by Crippen LogP contribution is 2.34. The van der Waals surface area contributed by atoms with Crippen molar-refractivity contribution in [2.24, 2.45) is 0 Å². The second-order valence-corrected chi connectivity index (χ2v) is 5.93. The van der Waals surface area contributed by atoms with Crippen LogP contribution in [0.4, 0.5) is 0 Å². The zero-order chi connectivity index (χ0) is 16.4. The van der Waals surface area contributed by atoms with Gasteiger partial charge in [-0.1, -0.05) is 30.3 Å². The summed E-state index contributed by atoms with van der Waals surface area (Å²) >= 11 is 0. The van der Waals surface area contributed by atoms with Crippen LogP contribution in [0.5, 0.6) is 0 Å². The van der Waals surface area contributed by atoms with Gasteiger partial charge < -0.3 is 10.0 Å². The van der Waals surface area contributed by atoms with E-state index in [0.717, 1.165) is 13.0 Å². The van der Waals surface area contributed by atoms with Crippen LogP contribution >= 0.6 is 0 Å². The van der Waals surface area contributed by atoms with Gasteiger partial charge in [-0.3, -0.25) is 4.79 Å². The molecule has 118 valence electrons. The summed E-state index contributed by atoms with van der Waals surface area (Å²) in [6, 6.07) is 16.5. The number of hydrogen-bond donors (Lipinski definition) is 1. The largest absolute Gasteiger partial charge is 0.478 e. The first-order valence-corrected chi connectivity index (χ1v) is 7.77. The maximum atomic E-state index is 12.7. The molecule has 1 aliphatic rings. The third-order valence-corrected chi connectivity index (χ3v) is 4.62. The van der Waals surface area contributed by atoms with Gasteiger partial charge in [-0.05, 0) is 43.2 Å². The molecule has 1 N–H and O–H groups in total. The summed E-state index contributed by atoms with van der Waals surface area (Å²) in [4.78, 5) is 25.5. The number of hydrogen-bond acceptors (Lipinski definition) is 2. The van der Waals surface area contributed by atoms with Gasteiger partial charge in [0.25, 0.3) is 5.91 Å². The number of amides is 1. The molecule has 2 aromatic carbocycles. The van der Waals surface area contributed by atoms with Crippen molar-refractivity contribution in [1.29, 1.82) is 0 Å². The zero-order valence-corrected chi connectivity index (χ0v) is 13.0. The average molecular weight is 309 g/mol. The smallest absolute Gasteiger partial charge is 0.335 e. The predicted octanol–water partition coefficient (Wildman–Crippen LogP) is 3.40. The molecule has 0 aliphatic carbocycles. The number of carboxylic acids is 1. The Hall–Kier alpha value is -2.62. The standard InChI is InChI=1S/C19H19NO3/c1-13-17(14-5-3-2-4-6-14)11-12-20(13)18(21)15-7-9-16(10-8-15)19(22)23/h2-10,13,17H,11-12H2,1H3,(H,22,23). The van der Waals surface area contributed by atoms with Gasteiger partial charge in [-0.25, -0.2) is 4.79 Å². The minimum absolute atomic E-state index is 0.0344. The Bertz CT molecular complexity index is 709. The maximum absolute atomic E-state index is 12.7. The molecule has 2 unspecified atom stereocenters. The lowest BCUT2D eigenvalue weighted by Crippen LogP contribution is -2.35. The van der Waals surface area contributed by atoms with Crippen LogP contribution in [0.3, 0.4) is 0 Å². The summed E-state index contributed by atoms with van der Waals surface area (Å²) in [5.41, 5.74) is 1.99. The fourth-order valence-electron chi connectivity index (χ4n) is 3.29. The van der Waals surface area contributed by atoms with Gasteiger partial charge in [-0.15, -0.1) is 0 Å². The average Bonchev–Trinajstić information content (AvgIpc) is 2.96. The molecule has 0 radical (unpaired) electrons. The molecule has 0 aromatic heterocycles. The Labute approximate surface area is 135 Å². The lowest BCUT2D eigenvalue weighted by Gasteiger charge is -2.25. The van der Waals surface area contributed by atoms with E-state index in [1.807, 2.05) is 23.1 Å². The summed E-state index contributed by atoms with van der Waals surface area (Å²) in [5.74, 6) is -0.672. The van der Waals surface area contributed by atoms with Gasteiger partial charge in [-0.2, -0.15) is 0 Å². The summed E-state index contributed by atoms with van der Waals surface area (Å²) in [5, 5.41) is 8.93. The number of likely N-dealkylation sites (tertiary alicyclic amines) is 1. The summed E-state index contributed by atoms with van der Waals surface area (Å²) in [6.07, 6.45) is 0.949. The molecule has 1 heterocycles. The Morgan fingerprint density at radius 1 is 1.00 bits per heavy atom. The van der Waals surface area contributed by atoms with E-state index in [0.29, 0.717) is 11.5 Å². The fourth-order valence-corrected chi connectivity index (χ4v) is 3.29. The lowest BCUT2D eigenvalue weighted by atomic mass is 9.93. The molecule has 4 nitrogen and oxygen atoms in total. The third-order valence-electron chi connectivity index (χ3n) is 4.62. The summed E-state index contributed by atoms with van der Waals surface area (Å²) in [6.45, 7) is 2.80. The predicted molar refractivity (Wildman–Crippen MR) is 87.7 cm³/mol. The van der Waals surface area contributed by atoms with Gasteiger partial charge in [0.15, 0.2) is 0 Å². The van der Waals surface area contributed by atoms with Crippen molar-refractivity contribution in [2.45, 2.75) is 25.3 Å². The Morgan fingerprint density at radius 3 is 2.22 bits per heavy atom. The van der Waals surface area contributed by atoms with Crippen molar-refractivity contribution in [3.8, 4) is 0 Å². The van der Waals surface area contributed by atoms with E-state index in [2.05, 4.69) is 19.1 Å². The number of carbonyl (C=O) groups is 2. The summed E-state index contributed by atoms with van der Waals surface area (Å²) < 4.78 is 0. The van der Waals surface area contributed by atoms with Gasteiger partial charge in [0.2, 0.25) is 0 Å². The third kappa shape index (κ3) is 2.97. The second-order valence-electron chi connectivity index (χ2n) is 5.93. The van der Waals surface area contributed by atoms with Crippen molar-refractivity contribution < 1.29 is 14.7 Å². The highest BCUT2D eigenvalue weighted by molar-refractivity contribution is 5.96. The van der Waals surface area contributed by atoms with E-state index in [9.17, 15) is 9.59 Å². The molecule has 1 aliphatic heterocycles. The molecule has 1 saturated heterocycles. The number of aromatic carboxylic acids is 1. The van der Waals surface area contributed by atoms with Crippen molar-refractivity contribution in [3.63, 3.8) is 0 Å². The molecule has 0 spiro atoms. The number of rotatable bonds is 3. The number of nitrogens with zero attached hydrogens (tertiary/aromatic N) is 1. The fraction of sp³-hybridized carbons (Fsp3) is 0.263. The molecule has 0 bridgehead atoms. The molecule has 1 fully saturated rings. The Kier molecular flexibility index (Phi) is 4.15. The molecular formula is C19H19NO3. The number of carbonyl (C=O) groups excluding carboxylic acids is 1. The van der Waals surface area contributed by atoms with Gasteiger partial charge >= 0.3 is 5.97 Å². The SMILES string of the molecule is CC1C(c2ccccc2)CCN1C(=O)c1ccc(C(=O)O)cc1. The molecule has 1 amide bonds. The maximum Gasteiger partial charge on any atom is 0.335 e. The van der Waals surface area contributed by atoms with Crippen LogP contribution in [0.1, 0.15) is 45.5 Å². The first-order chi connectivity index (χ1) is 11.1. The lowest BCUT2D eigenvalue weighted by molar-refractivity contribution is 0.0693. The van der Waals surface area contributed by atoms with Crippen LogP contribution in [0, 0.1) is 0 Å². The van der Waals surface area contributed by atoms with Gasteiger partial charge in [0, 0.05) is 24.1 Å². The van der Waals surface area contributed by atoms with E-state index in [-0.39, 0.29) is 17.5 Å². The van der Waals surface area contributed by atoms with Crippen LogP contribution in [-0.4, -0.2) is 34.5 Å². The van der Waals surface area contributed by atoms with Crippen molar-refractivity contribution >= 4 is 11.9 Å². The molecule has 0 saturated carbocycles. The van der Waals surface area contributed by atoms with Crippen LogP contribution in [-0.2, 0) is 0 Å². The normalized spacial score (nSPS) is 20.5. The van der Waals surface area contributed by atoms with Gasteiger partial charge in [0.05, 0.1) is 5.56 Å². The highest BCUT2D eigenvalue weighted by atomic mass is 16.4. The first-order valence-electron chi connectivity index (χ1n) is 7.77. The number of carboxylic acid groups (broad SMARTS) is 1. The van der Waals surface area contributed by atoms with Gasteiger partial charge in [0.1, 0.15) is 0 Å². The molecule has 23 heavy (non-hydrogen) atoms.